The quantitative estimate of drug-likeness (QED) is 0.742. The van der Waals surface area contributed by atoms with Gasteiger partial charge in [-0.1, -0.05) is 19.3 Å². The Balaban J connectivity index is 2.12. The van der Waals surface area contributed by atoms with Crippen molar-refractivity contribution < 1.29 is 14.7 Å². The summed E-state index contributed by atoms with van der Waals surface area (Å²) in [5.74, 6) is 0.409. The third-order valence-corrected chi connectivity index (χ3v) is 3.60. The number of carbonyl (C=O) groups is 2. The Kier molecular flexibility index (Phi) is 3.27. The van der Waals surface area contributed by atoms with Gasteiger partial charge in [-0.05, 0) is 24.8 Å². The third kappa shape index (κ3) is 2.26. The molecule has 0 spiro atoms. The highest BCUT2D eigenvalue weighted by Crippen LogP contribution is 2.32. The van der Waals surface area contributed by atoms with Crippen LogP contribution in [0.5, 0.6) is 0 Å². The monoisotopic (exact) mass is 223 g/mol. The van der Waals surface area contributed by atoms with Crippen molar-refractivity contribution in [2.75, 3.05) is 0 Å². The molecule has 88 valence electrons. The Labute approximate surface area is 94.9 Å². The predicted molar refractivity (Wildman–Crippen MR) is 59.0 cm³/mol. The summed E-state index contributed by atoms with van der Waals surface area (Å²) in [6, 6.07) is -0.129. The number of carbonyl (C=O) groups excluding carboxylic acids is 1. The molecule has 1 aliphatic carbocycles. The molecule has 0 radical (unpaired) electrons. The molecule has 2 aliphatic rings. The van der Waals surface area contributed by atoms with Gasteiger partial charge < -0.3 is 5.11 Å². The number of rotatable bonds is 1. The molecule has 4 heteroatoms. The van der Waals surface area contributed by atoms with E-state index in [0.29, 0.717) is 12.3 Å². The molecule has 0 aromatic carbocycles. The van der Waals surface area contributed by atoms with Crippen molar-refractivity contribution in [2.24, 2.45) is 5.92 Å². The van der Waals surface area contributed by atoms with Gasteiger partial charge in [0.05, 0.1) is 0 Å². The number of allylic oxidation sites excluding steroid dienone is 1. The summed E-state index contributed by atoms with van der Waals surface area (Å²) in [7, 11) is 0. The van der Waals surface area contributed by atoms with Gasteiger partial charge in [0.1, 0.15) is 0 Å². The van der Waals surface area contributed by atoms with Crippen LogP contribution in [0.25, 0.3) is 0 Å². The number of nitrogens with zero attached hydrogens (tertiary/aromatic N) is 1. The molecule has 1 amide bonds. The Bertz CT molecular complexity index is 318. The lowest BCUT2D eigenvalue weighted by Crippen LogP contribution is -2.44. The second-order valence-corrected chi connectivity index (χ2v) is 4.64. The van der Waals surface area contributed by atoms with Gasteiger partial charge in [-0.15, -0.1) is 0 Å². The fourth-order valence-corrected chi connectivity index (χ4v) is 2.76. The molecule has 0 aromatic heterocycles. The second-order valence-electron chi connectivity index (χ2n) is 4.64. The van der Waals surface area contributed by atoms with Crippen molar-refractivity contribution >= 4 is 11.9 Å². The number of ketones is 1. The maximum Gasteiger partial charge on any atom is 0.411 e. The minimum absolute atomic E-state index is 0.0491. The van der Waals surface area contributed by atoms with Gasteiger partial charge in [0.25, 0.3) is 0 Å². The largest absolute Gasteiger partial charge is 0.465 e. The SMILES string of the molecule is O=C1C=CN(C(=O)O)C(C2CCCCC2)C1. The van der Waals surface area contributed by atoms with Crippen LogP contribution in [0.3, 0.4) is 0 Å². The van der Waals surface area contributed by atoms with Gasteiger partial charge in [-0.3, -0.25) is 9.69 Å². The molecular weight excluding hydrogens is 206 g/mol. The zero-order valence-electron chi connectivity index (χ0n) is 9.26. The highest BCUT2D eigenvalue weighted by Gasteiger charge is 2.33. The predicted octanol–water partition coefficient (Wildman–Crippen LogP) is 2.40. The van der Waals surface area contributed by atoms with Gasteiger partial charge in [-0.25, -0.2) is 4.79 Å². The fraction of sp³-hybridized carbons (Fsp3) is 0.667. The molecule has 1 heterocycles. The van der Waals surface area contributed by atoms with Crippen LogP contribution >= 0.6 is 0 Å². The van der Waals surface area contributed by atoms with E-state index in [-0.39, 0.29) is 11.8 Å². The van der Waals surface area contributed by atoms with Gasteiger partial charge in [-0.2, -0.15) is 0 Å². The molecule has 0 saturated heterocycles. The van der Waals surface area contributed by atoms with E-state index in [9.17, 15) is 9.59 Å². The molecule has 0 bridgehead atoms. The zero-order chi connectivity index (χ0) is 11.5. The fourth-order valence-electron chi connectivity index (χ4n) is 2.76. The minimum Gasteiger partial charge on any atom is -0.465 e. The first kappa shape index (κ1) is 11.2. The maximum absolute atomic E-state index is 11.4. The van der Waals surface area contributed by atoms with E-state index in [0.717, 1.165) is 25.7 Å². The van der Waals surface area contributed by atoms with Crippen molar-refractivity contribution in [1.82, 2.24) is 4.90 Å². The molecule has 1 fully saturated rings. The first-order valence-corrected chi connectivity index (χ1v) is 5.91. The molecule has 1 N–H and O–H groups in total. The van der Waals surface area contributed by atoms with Crippen molar-refractivity contribution in [3.63, 3.8) is 0 Å². The lowest BCUT2D eigenvalue weighted by molar-refractivity contribution is -0.116. The number of hydrogen-bond donors (Lipinski definition) is 1. The molecule has 2 rings (SSSR count). The molecule has 1 aliphatic heterocycles. The lowest BCUT2D eigenvalue weighted by Gasteiger charge is -2.36. The number of carboxylic acid groups (broad SMARTS) is 1. The Morgan fingerprint density at radius 3 is 2.62 bits per heavy atom. The summed E-state index contributed by atoms with van der Waals surface area (Å²) in [4.78, 5) is 23.8. The van der Waals surface area contributed by atoms with Gasteiger partial charge in [0.2, 0.25) is 0 Å². The van der Waals surface area contributed by atoms with Gasteiger partial charge in [0, 0.05) is 18.7 Å². The average Bonchev–Trinajstić information content (AvgIpc) is 2.29. The summed E-state index contributed by atoms with van der Waals surface area (Å²) < 4.78 is 0. The Morgan fingerprint density at radius 2 is 2.00 bits per heavy atom. The first-order valence-electron chi connectivity index (χ1n) is 5.91. The first-order chi connectivity index (χ1) is 7.68. The van der Waals surface area contributed by atoms with Crippen molar-refractivity contribution in [2.45, 2.75) is 44.6 Å². The normalized spacial score (nSPS) is 27.1. The van der Waals surface area contributed by atoms with E-state index in [1.54, 1.807) is 0 Å². The summed E-state index contributed by atoms with van der Waals surface area (Å²) in [6.07, 6.45) is 7.86. The molecule has 0 aromatic rings. The topological polar surface area (TPSA) is 57.6 Å². The Hall–Kier alpha value is -1.32. The smallest absolute Gasteiger partial charge is 0.411 e. The Morgan fingerprint density at radius 1 is 1.31 bits per heavy atom. The third-order valence-electron chi connectivity index (χ3n) is 3.60. The maximum atomic E-state index is 11.4. The van der Waals surface area contributed by atoms with Crippen LogP contribution in [0, 0.1) is 5.92 Å². The minimum atomic E-state index is -0.945. The number of hydrogen-bond acceptors (Lipinski definition) is 2. The van der Waals surface area contributed by atoms with E-state index in [2.05, 4.69) is 0 Å². The highest BCUT2D eigenvalue weighted by molar-refractivity contribution is 5.92. The van der Waals surface area contributed by atoms with Crippen molar-refractivity contribution in [3.8, 4) is 0 Å². The van der Waals surface area contributed by atoms with Crippen LogP contribution in [-0.2, 0) is 4.79 Å². The van der Waals surface area contributed by atoms with Crippen LogP contribution in [0.2, 0.25) is 0 Å². The van der Waals surface area contributed by atoms with E-state index in [1.807, 2.05) is 0 Å². The standard InChI is InChI=1S/C12H17NO3/c14-10-6-7-13(12(15)16)11(8-10)9-4-2-1-3-5-9/h6-7,9,11H,1-5,8H2,(H,15,16). The van der Waals surface area contributed by atoms with E-state index in [4.69, 9.17) is 5.11 Å². The molecular formula is C12H17NO3. The number of amides is 1. The average molecular weight is 223 g/mol. The zero-order valence-corrected chi connectivity index (χ0v) is 9.26. The van der Waals surface area contributed by atoms with E-state index in [1.165, 1.54) is 23.6 Å². The molecule has 1 saturated carbocycles. The van der Waals surface area contributed by atoms with Crippen LogP contribution < -0.4 is 0 Å². The summed E-state index contributed by atoms with van der Waals surface area (Å²) in [5, 5.41) is 9.09. The van der Waals surface area contributed by atoms with Gasteiger partial charge in [0.15, 0.2) is 5.78 Å². The van der Waals surface area contributed by atoms with E-state index < -0.39 is 6.09 Å². The van der Waals surface area contributed by atoms with Gasteiger partial charge >= 0.3 is 6.09 Å². The summed E-state index contributed by atoms with van der Waals surface area (Å²) >= 11 is 0. The molecule has 1 unspecified atom stereocenters. The molecule has 4 nitrogen and oxygen atoms in total. The summed E-state index contributed by atoms with van der Waals surface area (Å²) in [6.45, 7) is 0. The highest BCUT2D eigenvalue weighted by atomic mass is 16.4. The van der Waals surface area contributed by atoms with Crippen molar-refractivity contribution in [3.05, 3.63) is 12.3 Å². The molecule has 1 atom stereocenters. The molecule has 16 heavy (non-hydrogen) atoms. The van der Waals surface area contributed by atoms with Crippen molar-refractivity contribution in [1.29, 1.82) is 0 Å². The summed E-state index contributed by atoms with van der Waals surface area (Å²) in [5.41, 5.74) is 0. The van der Waals surface area contributed by atoms with Crippen LogP contribution in [0.4, 0.5) is 4.79 Å². The van der Waals surface area contributed by atoms with Crippen LogP contribution in [0.15, 0.2) is 12.3 Å². The second kappa shape index (κ2) is 4.68. The van der Waals surface area contributed by atoms with Crippen LogP contribution in [0.1, 0.15) is 38.5 Å². The lowest BCUT2D eigenvalue weighted by atomic mass is 9.80. The van der Waals surface area contributed by atoms with E-state index >= 15 is 0 Å². The van der Waals surface area contributed by atoms with Crippen LogP contribution in [-0.4, -0.2) is 27.9 Å².